The van der Waals surface area contributed by atoms with E-state index in [0.717, 1.165) is 30.9 Å². The molecule has 28 heavy (non-hydrogen) atoms. The van der Waals surface area contributed by atoms with Gasteiger partial charge in [0, 0.05) is 6.07 Å². The molecule has 3 nitrogen and oxygen atoms in total. The van der Waals surface area contributed by atoms with Crippen LogP contribution in [-0.4, -0.2) is 12.3 Å². The van der Waals surface area contributed by atoms with Crippen LogP contribution in [0, 0.1) is 23.6 Å². The molecule has 0 spiro atoms. The van der Waals surface area contributed by atoms with Crippen LogP contribution in [-0.2, 0) is 4.79 Å². The first kappa shape index (κ1) is 20.4. The summed E-state index contributed by atoms with van der Waals surface area (Å²) in [5.74, 6) is -2.18. The second-order valence-corrected chi connectivity index (χ2v) is 7.42. The van der Waals surface area contributed by atoms with Crippen LogP contribution < -0.4 is 9.47 Å². The summed E-state index contributed by atoms with van der Waals surface area (Å²) in [6.45, 7) is 2.26. The molecule has 1 saturated carbocycles. The fourth-order valence-corrected chi connectivity index (χ4v) is 3.65. The Morgan fingerprint density at radius 2 is 1.86 bits per heavy atom. The molecule has 0 aromatic heterocycles. The lowest BCUT2D eigenvalue weighted by Crippen LogP contribution is -2.21. The Kier molecular flexibility index (Phi) is 6.10. The predicted octanol–water partition coefficient (Wildman–Crippen LogP) is 5.96. The highest BCUT2D eigenvalue weighted by atomic mass is 19.4. The molecular weight excluding hydrogens is 376 g/mol. The second kappa shape index (κ2) is 8.37. The first-order chi connectivity index (χ1) is 13.2. The Hall–Kier alpha value is -2.31. The third-order valence-corrected chi connectivity index (χ3v) is 5.27. The highest BCUT2D eigenvalue weighted by Crippen LogP contribution is 2.36. The van der Waals surface area contributed by atoms with Crippen molar-refractivity contribution in [2.45, 2.75) is 45.4 Å². The Bertz CT molecular complexity index is 774. The van der Waals surface area contributed by atoms with Crippen LogP contribution in [0.4, 0.5) is 17.6 Å². The molecule has 7 heteroatoms. The number of alkyl halides is 3. The fourth-order valence-electron chi connectivity index (χ4n) is 3.65. The van der Waals surface area contributed by atoms with Crippen molar-refractivity contribution in [1.29, 1.82) is 0 Å². The SMILES string of the molecule is CC1CCC(C2=CCC(C(=O)Oc3ccc(OC(F)(F)F)c(F)c3)C=C2)CC1. The molecule has 0 bridgehead atoms. The van der Waals surface area contributed by atoms with E-state index in [1.807, 2.05) is 12.2 Å². The number of benzene rings is 1. The molecule has 0 radical (unpaired) electrons. The van der Waals surface area contributed by atoms with Gasteiger partial charge in [0.25, 0.3) is 0 Å². The molecule has 0 saturated heterocycles. The number of halogens is 4. The second-order valence-electron chi connectivity index (χ2n) is 7.42. The van der Waals surface area contributed by atoms with Crippen molar-refractivity contribution in [3.8, 4) is 11.5 Å². The molecule has 0 aliphatic heterocycles. The van der Waals surface area contributed by atoms with E-state index in [1.165, 1.54) is 18.4 Å². The standard InChI is InChI=1S/C21H22F4O3/c1-13-2-4-14(5-3-13)15-6-8-16(9-7-15)20(26)27-17-10-11-19(18(22)12-17)28-21(23,24)25/h6-8,10-14,16H,2-5,9H2,1H3. The van der Waals surface area contributed by atoms with Gasteiger partial charge in [-0.2, -0.15) is 0 Å². The van der Waals surface area contributed by atoms with Crippen molar-refractivity contribution in [3.05, 3.63) is 47.8 Å². The van der Waals surface area contributed by atoms with E-state index in [0.29, 0.717) is 18.4 Å². The number of esters is 1. The van der Waals surface area contributed by atoms with Crippen molar-refractivity contribution in [1.82, 2.24) is 0 Å². The van der Waals surface area contributed by atoms with E-state index in [4.69, 9.17) is 4.74 Å². The van der Waals surface area contributed by atoms with Crippen LogP contribution in [0.25, 0.3) is 0 Å². The van der Waals surface area contributed by atoms with Crippen LogP contribution in [0.15, 0.2) is 42.0 Å². The number of carbonyl (C=O) groups is 1. The lowest BCUT2D eigenvalue weighted by molar-refractivity contribution is -0.275. The minimum Gasteiger partial charge on any atom is -0.426 e. The number of carbonyl (C=O) groups excluding carboxylic acids is 1. The Morgan fingerprint density at radius 3 is 2.43 bits per heavy atom. The molecule has 0 heterocycles. The highest BCUT2D eigenvalue weighted by molar-refractivity contribution is 5.77. The number of hydrogen-bond donors (Lipinski definition) is 0. The van der Waals surface area contributed by atoms with Gasteiger partial charge in [-0.25, -0.2) is 4.39 Å². The van der Waals surface area contributed by atoms with Crippen molar-refractivity contribution in [3.63, 3.8) is 0 Å². The van der Waals surface area contributed by atoms with E-state index < -0.39 is 29.8 Å². The molecule has 0 amide bonds. The molecule has 152 valence electrons. The van der Waals surface area contributed by atoms with Gasteiger partial charge in [-0.05, 0) is 48.8 Å². The molecule has 1 atom stereocenters. The summed E-state index contributed by atoms with van der Waals surface area (Å²) in [6.07, 6.45) is 6.01. The van der Waals surface area contributed by atoms with Crippen molar-refractivity contribution in [2.24, 2.45) is 17.8 Å². The van der Waals surface area contributed by atoms with Gasteiger partial charge >= 0.3 is 12.3 Å². The van der Waals surface area contributed by atoms with Crippen LogP contribution in [0.3, 0.4) is 0 Å². The maximum absolute atomic E-state index is 13.7. The summed E-state index contributed by atoms with van der Waals surface area (Å²) in [5.41, 5.74) is 1.25. The van der Waals surface area contributed by atoms with E-state index in [2.05, 4.69) is 11.7 Å². The topological polar surface area (TPSA) is 35.5 Å². The summed E-state index contributed by atoms with van der Waals surface area (Å²) < 4.78 is 58.9. The molecule has 2 aliphatic carbocycles. The zero-order valence-electron chi connectivity index (χ0n) is 15.5. The molecule has 2 aliphatic rings. The molecule has 1 fully saturated rings. The Balaban J connectivity index is 1.56. The molecule has 0 N–H and O–H groups in total. The number of ether oxygens (including phenoxy) is 2. The normalized spacial score (nSPS) is 25.2. The summed E-state index contributed by atoms with van der Waals surface area (Å²) in [7, 11) is 0. The third-order valence-electron chi connectivity index (χ3n) is 5.27. The quantitative estimate of drug-likeness (QED) is 0.357. The predicted molar refractivity (Wildman–Crippen MR) is 95.2 cm³/mol. The zero-order chi connectivity index (χ0) is 20.3. The smallest absolute Gasteiger partial charge is 0.426 e. The van der Waals surface area contributed by atoms with Gasteiger partial charge < -0.3 is 9.47 Å². The van der Waals surface area contributed by atoms with Crippen LogP contribution in [0.2, 0.25) is 0 Å². The van der Waals surface area contributed by atoms with Gasteiger partial charge in [0.05, 0.1) is 5.92 Å². The van der Waals surface area contributed by atoms with E-state index in [-0.39, 0.29) is 5.75 Å². The van der Waals surface area contributed by atoms with Crippen LogP contribution >= 0.6 is 0 Å². The van der Waals surface area contributed by atoms with Gasteiger partial charge in [-0.1, -0.05) is 38.0 Å². The van der Waals surface area contributed by atoms with Crippen molar-refractivity contribution >= 4 is 5.97 Å². The summed E-state index contributed by atoms with van der Waals surface area (Å²) in [4.78, 5) is 12.3. The van der Waals surface area contributed by atoms with Crippen LogP contribution in [0.5, 0.6) is 11.5 Å². The van der Waals surface area contributed by atoms with E-state index in [9.17, 15) is 22.4 Å². The van der Waals surface area contributed by atoms with Crippen molar-refractivity contribution < 1.29 is 31.8 Å². The monoisotopic (exact) mass is 398 g/mol. The molecule has 1 aromatic carbocycles. The molecule has 1 aromatic rings. The Labute approximate surface area is 161 Å². The first-order valence-electron chi connectivity index (χ1n) is 9.36. The number of hydrogen-bond acceptors (Lipinski definition) is 3. The average molecular weight is 398 g/mol. The Morgan fingerprint density at radius 1 is 1.14 bits per heavy atom. The highest BCUT2D eigenvalue weighted by Gasteiger charge is 2.32. The molecule has 1 unspecified atom stereocenters. The van der Waals surface area contributed by atoms with Gasteiger partial charge in [-0.15, -0.1) is 13.2 Å². The first-order valence-corrected chi connectivity index (χ1v) is 9.36. The van der Waals surface area contributed by atoms with Crippen molar-refractivity contribution in [2.75, 3.05) is 0 Å². The van der Waals surface area contributed by atoms with Gasteiger partial charge in [0.2, 0.25) is 0 Å². The maximum atomic E-state index is 13.7. The summed E-state index contributed by atoms with van der Waals surface area (Å²) in [5, 5.41) is 0. The largest absolute Gasteiger partial charge is 0.573 e. The summed E-state index contributed by atoms with van der Waals surface area (Å²) in [6, 6.07) is 2.55. The van der Waals surface area contributed by atoms with Gasteiger partial charge in [0.1, 0.15) is 5.75 Å². The fraction of sp³-hybridized carbons (Fsp3) is 0.476. The lowest BCUT2D eigenvalue weighted by atomic mass is 9.77. The lowest BCUT2D eigenvalue weighted by Gasteiger charge is -2.28. The van der Waals surface area contributed by atoms with E-state index in [1.54, 1.807) is 6.08 Å². The van der Waals surface area contributed by atoms with Gasteiger partial charge in [-0.3, -0.25) is 4.79 Å². The third kappa shape index (κ3) is 5.36. The summed E-state index contributed by atoms with van der Waals surface area (Å²) >= 11 is 0. The minimum atomic E-state index is -4.99. The van der Waals surface area contributed by atoms with E-state index >= 15 is 0 Å². The van der Waals surface area contributed by atoms with Gasteiger partial charge in [0.15, 0.2) is 11.6 Å². The number of allylic oxidation sites excluding steroid dienone is 3. The average Bonchev–Trinajstić information content (AvgIpc) is 2.64. The van der Waals surface area contributed by atoms with Crippen LogP contribution in [0.1, 0.15) is 39.0 Å². The number of rotatable bonds is 4. The minimum absolute atomic E-state index is 0.165. The maximum Gasteiger partial charge on any atom is 0.573 e. The molecule has 3 rings (SSSR count). The zero-order valence-corrected chi connectivity index (χ0v) is 15.5. The molecular formula is C21H22F4O3.